The monoisotopic (exact) mass is 468 g/mol. The Morgan fingerprint density at radius 1 is 1.16 bits per heavy atom. The highest BCUT2D eigenvalue weighted by molar-refractivity contribution is 7.90. The molecule has 1 aliphatic heterocycles. The van der Waals surface area contributed by atoms with Gasteiger partial charge in [-0.15, -0.1) is 16.4 Å². The molecule has 0 atom stereocenters. The molecule has 3 heterocycles. The summed E-state index contributed by atoms with van der Waals surface area (Å²) in [6.07, 6.45) is 1.17. The fourth-order valence-electron chi connectivity index (χ4n) is 3.67. The average molecular weight is 469 g/mol. The molecule has 5 rings (SSSR count). The Labute approximate surface area is 188 Å². The topological polar surface area (TPSA) is 121 Å². The SMILES string of the molecule is CS(=O)(=O)c1ccc(CNC(=O)c2nc3c(s2)CN(Cc2ccc4nn[nH]c4c2)C3)cc1. The van der Waals surface area contributed by atoms with Gasteiger partial charge in [0, 0.05) is 37.3 Å². The van der Waals surface area contributed by atoms with Gasteiger partial charge in [-0.2, -0.15) is 0 Å². The summed E-state index contributed by atoms with van der Waals surface area (Å²) in [5.74, 6) is -0.222. The molecule has 0 saturated carbocycles. The molecule has 0 aliphatic carbocycles. The van der Waals surface area contributed by atoms with E-state index in [9.17, 15) is 13.2 Å². The van der Waals surface area contributed by atoms with Crippen LogP contribution in [0.4, 0.5) is 0 Å². The van der Waals surface area contributed by atoms with Crippen LogP contribution < -0.4 is 5.32 Å². The van der Waals surface area contributed by atoms with Crippen LogP contribution in [0.25, 0.3) is 11.0 Å². The summed E-state index contributed by atoms with van der Waals surface area (Å²) >= 11 is 1.42. The van der Waals surface area contributed by atoms with Crippen LogP contribution in [0.5, 0.6) is 0 Å². The first-order chi connectivity index (χ1) is 15.3. The minimum atomic E-state index is -3.23. The number of carbonyl (C=O) groups is 1. The normalized spacial score (nSPS) is 14.0. The van der Waals surface area contributed by atoms with Crippen molar-refractivity contribution in [2.45, 2.75) is 31.1 Å². The van der Waals surface area contributed by atoms with Gasteiger partial charge < -0.3 is 5.32 Å². The summed E-state index contributed by atoms with van der Waals surface area (Å²) < 4.78 is 23.1. The number of rotatable bonds is 6. The van der Waals surface area contributed by atoms with E-state index >= 15 is 0 Å². The second-order valence-electron chi connectivity index (χ2n) is 7.80. The zero-order valence-corrected chi connectivity index (χ0v) is 18.8. The number of thiazole rings is 1. The van der Waals surface area contributed by atoms with E-state index in [0.29, 0.717) is 18.1 Å². The molecule has 32 heavy (non-hydrogen) atoms. The standard InChI is InChI=1S/C21H20N6O3S2/c1-32(29,30)15-5-2-13(3-6-15)9-22-20(28)21-23-18-11-27(12-19(18)31-21)10-14-4-7-16-17(8-14)25-26-24-16/h2-8H,9-12H2,1H3,(H,22,28)(H,24,25,26). The fourth-order valence-corrected chi connectivity index (χ4v) is 5.33. The maximum atomic E-state index is 12.5. The van der Waals surface area contributed by atoms with Gasteiger partial charge in [0.25, 0.3) is 5.91 Å². The van der Waals surface area contributed by atoms with Gasteiger partial charge in [-0.25, -0.2) is 13.4 Å². The van der Waals surface area contributed by atoms with Crippen molar-refractivity contribution in [3.63, 3.8) is 0 Å². The second-order valence-corrected chi connectivity index (χ2v) is 10.9. The van der Waals surface area contributed by atoms with E-state index in [-0.39, 0.29) is 10.8 Å². The van der Waals surface area contributed by atoms with Gasteiger partial charge in [-0.3, -0.25) is 14.8 Å². The van der Waals surface area contributed by atoms with E-state index in [0.717, 1.165) is 40.3 Å². The Balaban J connectivity index is 1.18. The van der Waals surface area contributed by atoms with Crippen molar-refractivity contribution in [1.82, 2.24) is 30.6 Å². The van der Waals surface area contributed by atoms with Crippen molar-refractivity contribution in [2.24, 2.45) is 0 Å². The van der Waals surface area contributed by atoms with E-state index in [2.05, 4.69) is 36.7 Å². The number of nitrogens with zero attached hydrogens (tertiary/aromatic N) is 4. The maximum Gasteiger partial charge on any atom is 0.280 e. The van der Waals surface area contributed by atoms with Gasteiger partial charge in [-0.1, -0.05) is 23.4 Å². The van der Waals surface area contributed by atoms with Crippen molar-refractivity contribution < 1.29 is 13.2 Å². The number of hydrogen-bond acceptors (Lipinski definition) is 8. The van der Waals surface area contributed by atoms with E-state index in [1.165, 1.54) is 23.2 Å². The average Bonchev–Trinajstić information content (AvgIpc) is 3.46. The third-order valence-corrected chi connectivity index (χ3v) is 7.52. The van der Waals surface area contributed by atoms with Crippen LogP contribution in [0.1, 0.15) is 31.5 Å². The first-order valence-electron chi connectivity index (χ1n) is 9.93. The van der Waals surface area contributed by atoms with Crippen LogP contribution in [0.2, 0.25) is 0 Å². The number of aromatic nitrogens is 4. The fraction of sp³-hybridized carbons (Fsp3) is 0.238. The van der Waals surface area contributed by atoms with E-state index < -0.39 is 9.84 Å². The lowest BCUT2D eigenvalue weighted by molar-refractivity contribution is 0.0950. The molecule has 0 bridgehead atoms. The van der Waals surface area contributed by atoms with Gasteiger partial charge in [0.05, 0.1) is 16.1 Å². The van der Waals surface area contributed by atoms with Crippen LogP contribution in [-0.4, -0.2) is 45.9 Å². The summed E-state index contributed by atoms with van der Waals surface area (Å²) in [6, 6.07) is 12.5. The third-order valence-electron chi connectivity index (χ3n) is 5.31. The number of amides is 1. The van der Waals surface area contributed by atoms with Gasteiger partial charge in [0.2, 0.25) is 0 Å². The number of benzene rings is 2. The Bertz CT molecular complexity index is 1390. The van der Waals surface area contributed by atoms with Crippen molar-refractivity contribution in [3.05, 3.63) is 69.2 Å². The Hall–Kier alpha value is -3.15. The molecule has 2 aromatic heterocycles. The largest absolute Gasteiger partial charge is 0.346 e. The summed E-state index contributed by atoms with van der Waals surface area (Å²) in [4.78, 5) is 20.7. The predicted molar refractivity (Wildman–Crippen MR) is 120 cm³/mol. The zero-order valence-electron chi connectivity index (χ0n) is 17.2. The maximum absolute atomic E-state index is 12.5. The lowest BCUT2D eigenvalue weighted by atomic mass is 10.2. The molecular formula is C21H20N6O3S2. The van der Waals surface area contributed by atoms with Crippen LogP contribution in [-0.2, 0) is 36.0 Å². The molecule has 0 radical (unpaired) electrons. The quantitative estimate of drug-likeness (QED) is 0.445. The molecule has 2 aromatic carbocycles. The van der Waals surface area contributed by atoms with Crippen molar-refractivity contribution in [2.75, 3.05) is 6.26 Å². The Kier molecular flexibility index (Phi) is 5.24. The number of nitrogens with one attached hydrogen (secondary N) is 2. The highest BCUT2D eigenvalue weighted by Crippen LogP contribution is 2.29. The lowest BCUT2D eigenvalue weighted by Gasteiger charge is -2.14. The molecule has 0 fully saturated rings. The smallest absolute Gasteiger partial charge is 0.280 e. The number of fused-ring (bicyclic) bond motifs is 2. The number of H-pyrrole nitrogens is 1. The zero-order chi connectivity index (χ0) is 22.3. The van der Waals surface area contributed by atoms with E-state index in [1.54, 1.807) is 24.3 Å². The lowest BCUT2D eigenvalue weighted by Crippen LogP contribution is -2.23. The molecule has 1 aliphatic rings. The van der Waals surface area contributed by atoms with E-state index in [4.69, 9.17) is 0 Å². The van der Waals surface area contributed by atoms with Gasteiger partial charge in [0.15, 0.2) is 14.8 Å². The third kappa shape index (κ3) is 4.27. The summed E-state index contributed by atoms with van der Waals surface area (Å²) in [5.41, 5.74) is 4.70. The summed E-state index contributed by atoms with van der Waals surface area (Å²) in [6.45, 7) is 2.55. The molecule has 164 valence electrons. The molecule has 4 aromatic rings. The van der Waals surface area contributed by atoms with Gasteiger partial charge in [-0.05, 0) is 35.4 Å². The summed E-state index contributed by atoms with van der Waals surface area (Å²) in [5, 5.41) is 14.0. The molecule has 9 nitrogen and oxygen atoms in total. The molecule has 0 unspecified atom stereocenters. The molecule has 11 heteroatoms. The van der Waals surface area contributed by atoms with Gasteiger partial charge >= 0.3 is 0 Å². The molecule has 0 spiro atoms. The second kappa shape index (κ2) is 8.08. The van der Waals surface area contributed by atoms with Crippen LogP contribution >= 0.6 is 11.3 Å². The Morgan fingerprint density at radius 3 is 2.69 bits per heavy atom. The van der Waals surface area contributed by atoms with Gasteiger partial charge in [0.1, 0.15) is 5.52 Å². The number of aromatic amines is 1. The van der Waals surface area contributed by atoms with Crippen molar-refractivity contribution in [1.29, 1.82) is 0 Å². The predicted octanol–water partition coefficient (Wildman–Crippen LogP) is 2.26. The number of carbonyl (C=O) groups excluding carboxylic acids is 1. The Morgan fingerprint density at radius 2 is 1.94 bits per heavy atom. The van der Waals surface area contributed by atoms with Crippen LogP contribution in [0.3, 0.4) is 0 Å². The highest BCUT2D eigenvalue weighted by Gasteiger charge is 2.25. The molecule has 2 N–H and O–H groups in total. The number of sulfone groups is 1. The molecule has 1 amide bonds. The molecular weight excluding hydrogens is 448 g/mol. The summed E-state index contributed by atoms with van der Waals surface area (Å²) in [7, 11) is -3.23. The first kappa shape index (κ1) is 20.7. The van der Waals surface area contributed by atoms with E-state index in [1.807, 2.05) is 12.1 Å². The van der Waals surface area contributed by atoms with Crippen molar-refractivity contribution in [3.8, 4) is 0 Å². The minimum Gasteiger partial charge on any atom is -0.346 e. The highest BCUT2D eigenvalue weighted by atomic mass is 32.2. The molecule has 0 saturated heterocycles. The van der Waals surface area contributed by atoms with Crippen LogP contribution in [0, 0.1) is 0 Å². The first-order valence-corrected chi connectivity index (χ1v) is 12.6. The van der Waals surface area contributed by atoms with Crippen LogP contribution in [0.15, 0.2) is 47.4 Å². The van der Waals surface area contributed by atoms with Crippen molar-refractivity contribution >= 4 is 38.1 Å². The minimum absolute atomic E-state index is 0.222. The number of hydrogen-bond donors (Lipinski definition) is 2.